The highest BCUT2D eigenvalue weighted by Crippen LogP contribution is 2.25. The Balaban J connectivity index is 2.92. The molecule has 0 fully saturated rings. The number of halogens is 1. The number of methoxy groups -OCH3 is 1. The molecule has 1 aromatic carbocycles. The van der Waals surface area contributed by atoms with E-state index in [1.807, 2.05) is 24.3 Å². The number of ether oxygens (including phenoxy) is 1. The number of hydrogen-bond acceptors (Lipinski definition) is 2. The van der Waals surface area contributed by atoms with Gasteiger partial charge in [0, 0.05) is 18.6 Å². The summed E-state index contributed by atoms with van der Waals surface area (Å²) in [4.78, 5) is 12.5. The summed E-state index contributed by atoms with van der Waals surface area (Å²) in [6.07, 6.45) is 0.693. The molecule has 0 aliphatic carbocycles. The number of rotatable bonds is 6. The van der Waals surface area contributed by atoms with Gasteiger partial charge in [0.05, 0.1) is 12.6 Å². The van der Waals surface area contributed by atoms with Crippen molar-refractivity contribution in [3.05, 3.63) is 35.4 Å². The molecule has 0 radical (unpaired) electrons. The second kappa shape index (κ2) is 7.65. The van der Waals surface area contributed by atoms with E-state index < -0.39 is 0 Å². The molecule has 1 unspecified atom stereocenters. The second-order valence-corrected chi connectivity index (χ2v) is 6.28. The fraction of sp³-hybridized carbons (Fsp3) is 0.562. The lowest BCUT2D eigenvalue weighted by Gasteiger charge is -2.24. The zero-order valence-electron chi connectivity index (χ0n) is 12.7. The lowest BCUT2D eigenvalue weighted by Crippen LogP contribution is -2.39. The first kappa shape index (κ1) is 17.0. The smallest absolute Gasteiger partial charge is 0.251 e. The van der Waals surface area contributed by atoms with Gasteiger partial charge in [0.15, 0.2) is 0 Å². The lowest BCUT2D eigenvalue weighted by atomic mass is 9.83. The number of amides is 1. The topological polar surface area (TPSA) is 38.3 Å². The van der Waals surface area contributed by atoms with Gasteiger partial charge in [-0.15, -0.1) is 11.6 Å². The summed E-state index contributed by atoms with van der Waals surface area (Å²) in [6, 6.07) is 7.65. The Morgan fingerprint density at radius 2 is 2.00 bits per heavy atom. The van der Waals surface area contributed by atoms with Gasteiger partial charge in [-0.3, -0.25) is 4.79 Å². The van der Waals surface area contributed by atoms with E-state index in [-0.39, 0.29) is 17.4 Å². The summed E-state index contributed by atoms with van der Waals surface area (Å²) in [5, 5.41) is 3.00. The second-order valence-electron chi connectivity index (χ2n) is 5.90. The van der Waals surface area contributed by atoms with Crippen LogP contribution in [0.15, 0.2) is 24.3 Å². The van der Waals surface area contributed by atoms with E-state index in [9.17, 15) is 4.79 Å². The molecule has 0 saturated heterocycles. The van der Waals surface area contributed by atoms with Gasteiger partial charge in [-0.1, -0.05) is 39.0 Å². The fourth-order valence-corrected chi connectivity index (χ4v) is 2.39. The Bertz CT molecular complexity index is 434. The number of carbonyl (C=O) groups is 1. The Kier molecular flexibility index (Phi) is 6.50. The Morgan fingerprint density at radius 3 is 2.55 bits per heavy atom. The van der Waals surface area contributed by atoms with E-state index >= 15 is 0 Å². The predicted octanol–water partition coefficient (Wildman–Crippen LogP) is 3.36. The van der Waals surface area contributed by atoms with Crippen molar-refractivity contribution in [3.63, 3.8) is 0 Å². The molecule has 1 atom stereocenters. The van der Waals surface area contributed by atoms with Gasteiger partial charge in [0.2, 0.25) is 0 Å². The van der Waals surface area contributed by atoms with Gasteiger partial charge in [-0.2, -0.15) is 0 Å². The van der Waals surface area contributed by atoms with Crippen LogP contribution >= 0.6 is 11.6 Å². The maximum atomic E-state index is 12.5. The third-order valence-electron chi connectivity index (χ3n) is 3.14. The Labute approximate surface area is 126 Å². The first-order valence-electron chi connectivity index (χ1n) is 6.85. The molecule has 1 amide bonds. The summed E-state index contributed by atoms with van der Waals surface area (Å²) in [5.74, 6) is 0.428. The van der Waals surface area contributed by atoms with E-state index in [4.69, 9.17) is 16.3 Å². The largest absolute Gasteiger partial charge is 0.383 e. The van der Waals surface area contributed by atoms with E-state index in [2.05, 4.69) is 26.1 Å². The Morgan fingerprint density at radius 1 is 1.35 bits per heavy atom. The van der Waals surface area contributed by atoms with Crippen LogP contribution in [-0.2, 0) is 10.2 Å². The zero-order chi connectivity index (χ0) is 15.2. The minimum atomic E-state index is -0.0723. The molecule has 1 rings (SSSR count). The SMILES string of the molecule is COCC(CCCl)NC(=O)c1ccccc1C(C)(C)C. The van der Waals surface area contributed by atoms with Crippen LogP contribution in [0.5, 0.6) is 0 Å². The highest BCUT2D eigenvalue weighted by molar-refractivity contribution is 6.17. The predicted molar refractivity (Wildman–Crippen MR) is 83.6 cm³/mol. The van der Waals surface area contributed by atoms with Crippen molar-refractivity contribution in [3.8, 4) is 0 Å². The van der Waals surface area contributed by atoms with Crippen molar-refractivity contribution >= 4 is 17.5 Å². The maximum Gasteiger partial charge on any atom is 0.251 e. The van der Waals surface area contributed by atoms with Gasteiger partial charge < -0.3 is 10.1 Å². The summed E-state index contributed by atoms with van der Waals surface area (Å²) in [6.45, 7) is 6.77. The molecule has 3 nitrogen and oxygen atoms in total. The van der Waals surface area contributed by atoms with Crippen LogP contribution in [0.1, 0.15) is 43.1 Å². The van der Waals surface area contributed by atoms with E-state index in [0.29, 0.717) is 18.9 Å². The highest BCUT2D eigenvalue weighted by Gasteiger charge is 2.22. The quantitative estimate of drug-likeness (QED) is 0.818. The third kappa shape index (κ3) is 4.80. The van der Waals surface area contributed by atoms with Crippen molar-refractivity contribution < 1.29 is 9.53 Å². The monoisotopic (exact) mass is 297 g/mol. The molecule has 1 aromatic rings. The average Bonchev–Trinajstić information content (AvgIpc) is 2.38. The van der Waals surface area contributed by atoms with Crippen molar-refractivity contribution in [1.82, 2.24) is 5.32 Å². The first-order valence-corrected chi connectivity index (χ1v) is 7.39. The molecular formula is C16H24ClNO2. The standard InChI is InChI=1S/C16H24ClNO2/c1-16(2,3)14-8-6-5-7-13(14)15(19)18-12(9-10-17)11-20-4/h5-8,12H,9-11H2,1-4H3,(H,18,19). The summed E-state index contributed by atoms with van der Waals surface area (Å²) < 4.78 is 5.12. The summed E-state index contributed by atoms with van der Waals surface area (Å²) in [5.41, 5.74) is 1.69. The molecule has 4 heteroatoms. The lowest BCUT2D eigenvalue weighted by molar-refractivity contribution is 0.0893. The molecule has 1 N–H and O–H groups in total. The average molecular weight is 298 g/mol. The van der Waals surface area contributed by atoms with Crippen LogP contribution in [0.2, 0.25) is 0 Å². The highest BCUT2D eigenvalue weighted by atomic mass is 35.5. The van der Waals surface area contributed by atoms with E-state index in [1.165, 1.54) is 0 Å². The van der Waals surface area contributed by atoms with Gasteiger partial charge >= 0.3 is 0 Å². The van der Waals surface area contributed by atoms with E-state index in [0.717, 1.165) is 11.1 Å². The fourth-order valence-electron chi connectivity index (χ4n) is 2.13. The normalized spacial score (nSPS) is 13.1. The number of carbonyl (C=O) groups excluding carboxylic acids is 1. The minimum absolute atomic E-state index is 0.0574. The van der Waals surface area contributed by atoms with Gasteiger partial charge in [0.25, 0.3) is 5.91 Å². The molecule has 0 bridgehead atoms. The van der Waals surface area contributed by atoms with Gasteiger partial charge in [-0.05, 0) is 23.5 Å². The Hall–Kier alpha value is -1.06. The molecular weight excluding hydrogens is 274 g/mol. The molecule has 0 saturated carbocycles. The third-order valence-corrected chi connectivity index (χ3v) is 3.36. The molecule has 0 heterocycles. The van der Waals surface area contributed by atoms with Crippen LogP contribution < -0.4 is 5.32 Å². The summed E-state index contributed by atoms with van der Waals surface area (Å²) in [7, 11) is 1.62. The van der Waals surface area contributed by atoms with Gasteiger partial charge in [0.1, 0.15) is 0 Å². The van der Waals surface area contributed by atoms with Crippen molar-refractivity contribution in [2.75, 3.05) is 19.6 Å². The van der Waals surface area contributed by atoms with Crippen molar-refractivity contribution in [2.45, 2.75) is 38.6 Å². The van der Waals surface area contributed by atoms with Gasteiger partial charge in [-0.25, -0.2) is 0 Å². The minimum Gasteiger partial charge on any atom is -0.383 e. The van der Waals surface area contributed by atoms with Crippen LogP contribution in [-0.4, -0.2) is 31.5 Å². The van der Waals surface area contributed by atoms with Crippen molar-refractivity contribution in [2.24, 2.45) is 0 Å². The van der Waals surface area contributed by atoms with Crippen LogP contribution in [0.4, 0.5) is 0 Å². The molecule has 20 heavy (non-hydrogen) atoms. The molecule has 0 aliphatic rings. The van der Waals surface area contributed by atoms with Crippen molar-refractivity contribution in [1.29, 1.82) is 0 Å². The van der Waals surface area contributed by atoms with Crippen LogP contribution in [0.3, 0.4) is 0 Å². The number of benzene rings is 1. The van der Waals surface area contributed by atoms with Crippen LogP contribution in [0, 0.1) is 0 Å². The maximum absolute atomic E-state index is 12.5. The number of nitrogens with one attached hydrogen (secondary N) is 1. The summed E-state index contributed by atoms with van der Waals surface area (Å²) >= 11 is 5.76. The number of alkyl halides is 1. The molecule has 0 spiro atoms. The van der Waals surface area contributed by atoms with Crippen LogP contribution in [0.25, 0.3) is 0 Å². The number of hydrogen-bond donors (Lipinski definition) is 1. The molecule has 112 valence electrons. The zero-order valence-corrected chi connectivity index (χ0v) is 13.5. The molecule has 0 aliphatic heterocycles. The first-order chi connectivity index (χ1) is 9.40. The molecule has 0 aromatic heterocycles. The van der Waals surface area contributed by atoms with E-state index in [1.54, 1.807) is 7.11 Å².